The van der Waals surface area contributed by atoms with Gasteiger partial charge in [-0.1, -0.05) is 391 Å². The predicted molar refractivity (Wildman–Crippen MR) is 534 cm³/mol. The van der Waals surface area contributed by atoms with Crippen LogP contribution in [0.3, 0.4) is 0 Å². The first-order chi connectivity index (χ1) is 52.5. The van der Waals surface area contributed by atoms with Crippen LogP contribution >= 0.6 is 0 Å². The Hall–Kier alpha value is -2.50. The molecule has 8 atom stereocenters. The van der Waals surface area contributed by atoms with Crippen LogP contribution in [-0.4, -0.2) is 26.0 Å². The summed E-state index contributed by atoms with van der Waals surface area (Å²) in [4.78, 5) is 2.00. The molecule has 0 saturated heterocycles. The Morgan fingerprint density at radius 2 is 0.879 bits per heavy atom. The fourth-order valence-corrected chi connectivity index (χ4v) is 17.1. The Balaban J connectivity index is -0.000000222. The molecule has 1 nitrogen and oxygen atoms in total. The second-order valence-electron chi connectivity index (χ2n) is 41.8. The molecule has 6 saturated carbocycles. The van der Waals surface area contributed by atoms with Gasteiger partial charge in [0.05, 0.1) is 0 Å². The topological polar surface area (TPSA) is 3.24 Å². The van der Waals surface area contributed by atoms with Crippen molar-refractivity contribution in [1.29, 1.82) is 0 Å². The minimum atomic E-state index is 0. The van der Waals surface area contributed by atoms with Crippen molar-refractivity contribution in [3.8, 4) is 5.92 Å². The monoisotopic (exact) mass is 1680 g/mol. The van der Waals surface area contributed by atoms with Crippen molar-refractivity contribution in [1.82, 2.24) is 4.90 Å². The molecule has 4 aromatic carbocycles. The first kappa shape index (κ1) is 127. The summed E-state index contributed by atoms with van der Waals surface area (Å²) in [6.07, 6.45) is 47.0. The van der Waals surface area contributed by atoms with Crippen LogP contribution in [0, 0.1) is 189 Å². The maximum atomic E-state index is 5.96. The standard InChI is InChI=1S/C12H18.C9H18.C9H12.2C9H18.C9H12.3C9H18.C9H12.C9H20.C4H10.C3H9N.C3H3.2CH3.Y/c1-4-10-7-8-11(5-2)12(6-3)9-10;2*1-7-4-8(2)6-9(3)5-7;1-8-4-6-9(2,3)7-5-8;2*1-7-4-5-8(2)9(3)6-7;1-8-5-4-6-9(2,3)7-8;1-8-6-4-5-7-9(8,2)3;2*1-7-5-4-6-8(2)9(7)3;1-4-6-8-9(3)7-5-2;2*1-4(2)3;1-3-2;;;/h7-9H,4-6H2,1-3H3;7-9H,4-6H2,1-3H3;4-6H,1-3H3;8H,4-7H2,1-3H3;7-9H,4-6H2,1-3H3;4-6H,1-3H3;2*8H,4-7H2,1-3H3;7-9H,4-6H2,1-3H3;4-6H,1-3H3;9H,4-8H2,1-3H3;4H,1-3H3;1-3H3;1H3;2*1H3;/q;;;;;;;;;;;;;3*-1;+3. The van der Waals surface area contributed by atoms with E-state index in [9.17, 15) is 0 Å². The minimum Gasteiger partial charge on any atom is -0.694 e. The van der Waals surface area contributed by atoms with Crippen molar-refractivity contribution in [2.75, 3.05) is 21.1 Å². The molecule has 0 aliphatic heterocycles. The first-order valence-electron chi connectivity index (χ1n) is 47.7. The van der Waals surface area contributed by atoms with Crippen molar-refractivity contribution < 1.29 is 32.7 Å². The molecular weight excluding hydrogens is 1470 g/mol. The molecule has 0 radical (unpaired) electrons. The Morgan fingerprint density at radius 3 is 1.20 bits per heavy atom. The maximum Gasteiger partial charge on any atom is 3.00 e. The number of benzene rings is 4. The molecule has 8 unspecified atom stereocenters. The number of nitrogens with zero attached hydrogens (tertiary/aromatic N) is 1. The Bertz CT molecular complexity index is 2790. The average molecular weight is 1680 g/mol. The van der Waals surface area contributed by atoms with Crippen molar-refractivity contribution >= 4 is 0 Å². The molecule has 0 heterocycles. The van der Waals surface area contributed by atoms with Gasteiger partial charge in [-0.15, -0.1) is 0 Å². The van der Waals surface area contributed by atoms with E-state index in [-0.39, 0.29) is 47.6 Å². The van der Waals surface area contributed by atoms with E-state index < -0.39 is 0 Å². The summed E-state index contributed by atoms with van der Waals surface area (Å²) in [6.45, 7) is 83.8. The molecule has 6 aliphatic rings. The van der Waals surface area contributed by atoms with E-state index in [1.807, 2.05) is 32.0 Å². The number of unbranched alkanes of at least 4 members (excludes halogenated alkanes) is 1. The quantitative estimate of drug-likeness (QED) is 0.126. The molecule has 0 N–H and O–H groups in total. The van der Waals surface area contributed by atoms with Gasteiger partial charge in [0, 0.05) is 0 Å². The van der Waals surface area contributed by atoms with Gasteiger partial charge in [0.2, 0.25) is 0 Å². The third-order valence-electron chi connectivity index (χ3n) is 25.7. The number of hydrogen-bond acceptors (Lipinski definition) is 1. The molecule has 0 bridgehead atoms. The Morgan fingerprint density at radius 1 is 0.414 bits per heavy atom. The zero-order valence-corrected chi connectivity index (χ0v) is 89.9. The zero-order valence-electron chi connectivity index (χ0n) is 87.0. The van der Waals surface area contributed by atoms with E-state index in [1.54, 1.807) is 6.92 Å². The van der Waals surface area contributed by atoms with Crippen LogP contribution in [0.1, 0.15) is 428 Å². The molecule has 116 heavy (non-hydrogen) atoms. The summed E-state index contributed by atoms with van der Waals surface area (Å²) in [7, 11) is 6.00. The van der Waals surface area contributed by atoms with Gasteiger partial charge in [-0.2, -0.15) is 0 Å². The van der Waals surface area contributed by atoms with Gasteiger partial charge in [0.15, 0.2) is 0 Å². The molecule has 6 fully saturated rings. The first-order valence-corrected chi connectivity index (χ1v) is 47.7. The summed E-state index contributed by atoms with van der Waals surface area (Å²) in [5.74, 6) is 15.6. The SMILES string of the molecule is CC(C)C.CC1CC(C)CC(C)C1.CC1CCC(C)(C)CC1.CC1CCC(C)C(C)C1.CC1CCCC(C)(C)C1.CC1CCCC(C)C1C.CC1CCCCC1(C)C.CCCCC(C)CCC.CCc1ccc(CC)c(CC)c1.CN(C)C.Cc1cc(C)cc(C)c1.Cc1ccc(C)c(C)c1.Cc1cccc(C)c1C.[C-]#CC.[CH3-].[CH3-].[Y+3]. The number of rotatable bonds is 8. The summed E-state index contributed by atoms with van der Waals surface area (Å²) in [5, 5.41) is 0. The average Bonchev–Trinajstić information content (AvgIpc) is 0.885. The molecule has 0 amide bonds. The molecular formula is C114H210NY. The van der Waals surface area contributed by atoms with Gasteiger partial charge >= 0.3 is 32.7 Å². The summed E-state index contributed by atoms with van der Waals surface area (Å²) >= 11 is 0. The van der Waals surface area contributed by atoms with Crippen molar-refractivity contribution in [2.24, 2.45) is 99.1 Å². The third-order valence-corrected chi connectivity index (χ3v) is 25.7. The van der Waals surface area contributed by atoms with E-state index in [4.69, 9.17) is 6.42 Å². The third kappa shape index (κ3) is 70.0. The largest absolute Gasteiger partial charge is 3.00 e. The van der Waals surface area contributed by atoms with Gasteiger partial charge in [-0.3, -0.25) is 0 Å². The number of hydrogen-bond donors (Lipinski definition) is 0. The van der Waals surface area contributed by atoms with E-state index in [2.05, 4.69) is 322 Å². The van der Waals surface area contributed by atoms with Crippen molar-refractivity contribution in [2.45, 2.75) is 442 Å². The minimum absolute atomic E-state index is 0. The Labute approximate surface area is 761 Å². The van der Waals surface area contributed by atoms with Gasteiger partial charge in [0.1, 0.15) is 0 Å². The second kappa shape index (κ2) is 72.9. The zero-order chi connectivity index (χ0) is 87.8. The van der Waals surface area contributed by atoms with Crippen molar-refractivity contribution in [3.05, 3.63) is 161 Å². The molecule has 0 spiro atoms. The van der Waals surface area contributed by atoms with Crippen LogP contribution in [0.25, 0.3) is 0 Å². The normalized spacial score (nSPS) is 23.1. The van der Waals surface area contributed by atoms with E-state index >= 15 is 0 Å². The molecule has 10 rings (SSSR count). The van der Waals surface area contributed by atoms with E-state index in [0.29, 0.717) is 16.2 Å². The second-order valence-corrected chi connectivity index (χ2v) is 41.8. The smallest absolute Gasteiger partial charge is 0.694 e. The summed E-state index contributed by atoms with van der Waals surface area (Å²) < 4.78 is 0. The fraction of sp³-hybridized carbons (Fsp3) is 0.754. The molecule has 6 aliphatic carbocycles. The molecule has 2 heteroatoms. The van der Waals surface area contributed by atoms with Gasteiger partial charge in [0.25, 0.3) is 0 Å². The molecule has 0 aromatic heterocycles. The van der Waals surface area contributed by atoms with Crippen LogP contribution in [0.4, 0.5) is 0 Å². The van der Waals surface area contributed by atoms with Gasteiger partial charge in [-0.05, 0) is 311 Å². The van der Waals surface area contributed by atoms with Crippen molar-refractivity contribution in [3.63, 3.8) is 0 Å². The number of aryl methyl sites for hydroxylation is 11. The van der Waals surface area contributed by atoms with Gasteiger partial charge in [-0.25, -0.2) is 0 Å². The van der Waals surface area contributed by atoms with E-state index in [0.717, 1.165) is 102 Å². The predicted octanol–water partition coefficient (Wildman–Crippen LogP) is 37.1. The Kier molecular flexibility index (Phi) is 79.6. The molecule has 4 aromatic rings. The van der Waals surface area contributed by atoms with Crippen LogP contribution in [0.15, 0.2) is 72.8 Å². The fourth-order valence-electron chi connectivity index (χ4n) is 17.1. The van der Waals surface area contributed by atoms with Gasteiger partial charge < -0.3 is 32.1 Å². The van der Waals surface area contributed by atoms with E-state index in [1.165, 1.54) is 234 Å². The van der Waals surface area contributed by atoms with Crippen LogP contribution in [0.5, 0.6) is 0 Å². The maximum absolute atomic E-state index is 5.96. The molecule has 674 valence electrons. The summed E-state index contributed by atoms with van der Waals surface area (Å²) in [5.41, 5.74) is 18.8. The van der Waals surface area contributed by atoms with Crippen LogP contribution < -0.4 is 0 Å². The van der Waals surface area contributed by atoms with Crippen LogP contribution in [0.2, 0.25) is 0 Å². The summed E-state index contributed by atoms with van der Waals surface area (Å²) in [6, 6.07) is 26.3. The van der Waals surface area contributed by atoms with Crippen LogP contribution in [-0.2, 0) is 52.0 Å².